The highest BCUT2D eigenvalue weighted by Crippen LogP contribution is 2.18. The van der Waals surface area contributed by atoms with E-state index >= 15 is 0 Å². The van der Waals surface area contributed by atoms with Crippen molar-refractivity contribution >= 4 is 17.5 Å². The van der Waals surface area contributed by atoms with Crippen molar-refractivity contribution in [1.29, 1.82) is 0 Å². The lowest BCUT2D eigenvalue weighted by Gasteiger charge is -2.30. The van der Waals surface area contributed by atoms with Gasteiger partial charge in [0.05, 0.1) is 6.04 Å². The molecule has 2 atom stereocenters. The van der Waals surface area contributed by atoms with Gasteiger partial charge in [-0.05, 0) is 50.8 Å². The molecule has 0 spiro atoms. The van der Waals surface area contributed by atoms with Crippen LogP contribution in [-0.2, 0) is 4.79 Å². The number of rotatable bonds is 4. The first kappa shape index (κ1) is 15.3. The van der Waals surface area contributed by atoms with Crippen LogP contribution in [0, 0.1) is 0 Å². The number of likely N-dealkylation sites (tertiary alicyclic amines) is 1. The largest absolute Gasteiger partial charge is 0.341 e. The van der Waals surface area contributed by atoms with Crippen LogP contribution in [-0.4, -0.2) is 29.9 Å². The van der Waals surface area contributed by atoms with E-state index in [1.165, 1.54) is 6.42 Å². The zero-order chi connectivity index (χ0) is 14.5. The van der Waals surface area contributed by atoms with Gasteiger partial charge in [0.1, 0.15) is 0 Å². The monoisotopic (exact) mass is 294 g/mol. The van der Waals surface area contributed by atoms with Crippen LogP contribution in [0.15, 0.2) is 24.3 Å². The van der Waals surface area contributed by atoms with Crippen LogP contribution in [0.2, 0.25) is 5.02 Å². The first-order valence-electron chi connectivity index (χ1n) is 7.38. The van der Waals surface area contributed by atoms with E-state index in [0.717, 1.165) is 36.5 Å². The molecule has 1 fully saturated rings. The molecule has 1 amide bonds. The number of amides is 1. The molecule has 1 heterocycles. The van der Waals surface area contributed by atoms with Gasteiger partial charge in [0.25, 0.3) is 0 Å². The highest BCUT2D eigenvalue weighted by molar-refractivity contribution is 6.30. The summed E-state index contributed by atoms with van der Waals surface area (Å²) in [5.74, 6) is 0.207. The third-order valence-electron chi connectivity index (χ3n) is 3.89. The van der Waals surface area contributed by atoms with Crippen molar-refractivity contribution < 1.29 is 4.79 Å². The van der Waals surface area contributed by atoms with Gasteiger partial charge in [0.2, 0.25) is 5.91 Å². The summed E-state index contributed by atoms with van der Waals surface area (Å²) in [5, 5.41) is 4.10. The predicted molar refractivity (Wildman–Crippen MR) is 82.9 cm³/mol. The second-order valence-electron chi connectivity index (χ2n) is 5.55. The van der Waals surface area contributed by atoms with E-state index < -0.39 is 0 Å². The third kappa shape index (κ3) is 3.97. The molecule has 1 N–H and O–H groups in total. The zero-order valence-corrected chi connectivity index (χ0v) is 13.0. The summed E-state index contributed by atoms with van der Waals surface area (Å²) in [7, 11) is 0. The summed E-state index contributed by atoms with van der Waals surface area (Å²) in [6.45, 7) is 5.80. The molecule has 0 aromatic heterocycles. The van der Waals surface area contributed by atoms with Crippen LogP contribution in [0.5, 0.6) is 0 Å². The quantitative estimate of drug-likeness (QED) is 0.923. The molecular weight excluding hydrogens is 272 g/mol. The van der Waals surface area contributed by atoms with Gasteiger partial charge in [-0.2, -0.15) is 0 Å². The maximum absolute atomic E-state index is 12.4. The Kier molecular flexibility index (Phi) is 5.44. The van der Waals surface area contributed by atoms with Crippen molar-refractivity contribution in [3.05, 3.63) is 34.9 Å². The normalized spacial score (nSPS) is 18.6. The maximum atomic E-state index is 12.4. The molecule has 1 saturated heterocycles. The molecule has 20 heavy (non-hydrogen) atoms. The average molecular weight is 295 g/mol. The zero-order valence-electron chi connectivity index (χ0n) is 12.2. The molecule has 4 heteroatoms. The minimum atomic E-state index is -0.165. The number of nitrogens with zero attached hydrogens (tertiary/aromatic N) is 1. The smallest absolute Gasteiger partial charge is 0.239 e. The Morgan fingerprint density at radius 2 is 1.95 bits per heavy atom. The van der Waals surface area contributed by atoms with Crippen molar-refractivity contribution in [2.45, 2.75) is 45.2 Å². The molecule has 110 valence electrons. The van der Waals surface area contributed by atoms with E-state index in [0.29, 0.717) is 0 Å². The minimum Gasteiger partial charge on any atom is -0.341 e. The molecule has 0 radical (unpaired) electrons. The van der Waals surface area contributed by atoms with Crippen molar-refractivity contribution in [3.63, 3.8) is 0 Å². The first-order chi connectivity index (χ1) is 9.58. The van der Waals surface area contributed by atoms with Crippen molar-refractivity contribution in [3.8, 4) is 0 Å². The van der Waals surface area contributed by atoms with E-state index in [1.54, 1.807) is 0 Å². The molecule has 0 bridgehead atoms. The SMILES string of the molecule is CC(NC(C)c1cccc(Cl)c1)C(=O)N1CCCCC1. The van der Waals surface area contributed by atoms with E-state index in [1.807, 2.05) is 36.1 Å². The standard InChI is InChI=1S/C16H23ClN2O/c1-12(14-7-6-8-15(17)11-14)18-13(2)16(20)19-9-4-3-5-10-19/h6-8,11-13,18H,3-5,9-10H2,1-2H3. The van der Waals surface area contributed by atoms with Crippen LogP contribution in [0.4, 0.5) is 0 Å². The Balaban J connectivity index is 1.92. The Bertz CT molecular complexity index is 458. The first-order valence-corrected chi connectivity index (χ1v) is 7.76. The van der Waals surface area contributed by atoms with E-state index in [2.05, 4.69) is 12.2 Å². The molecular formula is C16H23ClN2O. The number of piperidine rings is 1. The van der Waals surface area contributed by atoms with Gasteiger partial charge in [0.15, 0.2) is 0 Å². The van der Waals surface area contributed by atoms with Crippen LogP contribution < -0.4 is 5.32 Å². The van der Waals surface area contributed by atoms with E-state index in [-0.39, 0.29) is 18.0 Å². The second-order valence-corrected chi connectivity index (χ2v) is 5.99. The summed E-state index contributed by atoms with van der Waals surface area (Å²) in [5.41, 5.74) is 1.11. The number of halogens is 1. The predicted octanol–water partition coefficient (Wildman–Crippen LogP) is 3.39. The summed E-state index contributed by atoms with van der Waals surface area (Å²) in [4.78, 5) is 14.3. The van der Waals surface area contributed by atoms with Crippen LogP contribution in [0.3, 0.4) is 0 Å². The molecule has 1 aromatic carbocycles. The fraction of sp³-hybridized carbons (Fsp3) is 0.562. The highest BCUT2D eigenvalue weighted by Gasteiger charge is 2.23. The number of benzene rings is 1. The Morgan fingerprint density at radius 3 is 2.60 bits per heavy atom. The molecule has 1 aromatic rings. The number of carbonyl (C=O) groups is 1. The Morgan fingerprint density at radius 1 is 1.25 bits per heavy atom. The third-order valence-corrected chi connectivity index (χ3v) is 4.12. The highest BCUT2D eigenvalue weighted by atomic mass is 35.5. The molecule has 2 rings (SSSR count). The van der Waals surface area contributed by atoms with Gasteiger partial charge in [-0.25, -0.2) is 0 Å². The lowest BCUT2D eigenvalue weighted by molar-refractivity contribution is -0.134. The summed E-state index contributed by atoms with van der Waals surface area (Å²) >= 11 is 6.01. The Hall–Kier alpha value is -1.06. The summed E-state index contributed by atoms with van der Waals surface area (Å²) in [6, 6.07) is 7.71. The van der Waals surface area contributed by atoms with Gasteiger partial charge in [-0.1, -0.05) is 23.7 Å². The number of carbonyl (C=O) groups excluding carboxylic acids is 1. The van der Waals surface area contributed by atoms with Crippen LogP contribution in [0.25, 0.3) is 0 Å². The fourth-order valence-electron chi connectivity index (χ4n) is 2.71. The molecule has 0 aliphatic carbocycles. The Labute approximate surface area is 126 Å². The molecule has 1 aliphatic heterocycles. The summed E-state index contributed by atoms with van der Waals surface area (Å²) in [6.07, 6.45) is 3.50. The van der Waals surface area contributed by atoms with Crippen molar-refractivity contribution in [2.75, 3.05) is 13.1 Å². The topological polar surface area (TPSA) is 32.3 Å². The van der Waals surface area contributed by atoms with Crippen molar-refractivity contribution in [1.82, 2.24) is 10.2 Å². The van der Waals surface area contributed by atoms with Gasteiger partial charge in [-0.3, -0.25) is 10.1 Å². The number of nitrogens with one attached hydrogen (secondary N) is 1. The second kappa shape index (κ2) is 7.09. The van der Waals surface area contributed by atoms with Crippen molar-refractivity contribution in [2.24, 2.45) is 0 Å². The molecule has 0 saturated carbocycles. The van der Waals surface area contributed by atoms with Gasteiger partial charge >= 0.3 is 0 Å². The fourth-order valence-corrected chi connectivity index (χ4v) is 2.91. The summed E-state index contributed by atoms with van der Waals surface area (Å²) < 4.78 is 0. The van der Waals surface area contributed by atoms with E-state index in [4.69, 9.17) is 11.6 Å². The molecule has 3 nitrogen and oxygen atoms in total. The van der Waals surface area contributed by atoms with Crippen LogP contribution in [0.1, 0.15) is 44.7 Å². The lowest BCUT2D eigenvalue weighted by Crippen LogP contribution is -2.47. The number of hydrogen-bond donors (Lipinski definition) is 1. The van der Waals surface area contributed by atoms with Gasteiger partial charge in [-0.15, -0.1) is 0 Å². The van der Waals surface area contributed by atoms with Crippen LogP contribution >= 0.6 is 11.6 Å². The average Bonchev–Trinajstić information content (AvgIpc) is 2.47. The maximum Gasteiger partial charge on any atom is 0.239 e. The lowest BCUT2D eigenvalue weighted by atomic mass is 10.1. The minimum absolute atomic E-state index is 0.109. The molecule has 2 unspecified atom stereocenters. The van der Waals surface area contributed by atoms with Gasteiger partial charge in [0, 0.05) is 24.2 Å². The van der Waals surface area contributed by atoms with E-state index in [9.17, 15) is 4.79 Å². The molecule has 1 aliphatic rings. The number of hydrogen-bond acceptors (Lipinski definition) is 2. The van der Waals surface area contributed by atoms with Gasteiger partial charge < -0.3 is 4.90 Å².